The van der Waals surface area contributed by atoms with Crippen molar-refractivity contribution in [2.45, 2.75) is 19.3 Å². The summed E-state index contributed by atoms with van der Waals surface area (Å²) in [7, 11) is 0. The molecule has 2 nitrogen and oxygen atoms in total. The zero-order valence-electron chi connectivity index (χ0n) is 30.5. The van der Waals surface area contributed by atoms with E-state index >= 15 is 0 Å². The van der Waals surface area contributed by atoms with Crippen LogP contribution in [-0.4, -0.2) is 0 Å². The molecule has 0 bridgehead atoms. The first-order valence-electron chi connectivity index (χ1n) is 19.1. The van der Waals surface area contributed by atoms with Crippen LogP contribution < -0.4 is 0 Å². The minimum atomic E-state index is -0.116. The van der Waals surface area contributed by atoms with Gasteiger partial charge in [-0.15, -0.1) is 0 Å². The second-order valence-corrected chi connectivity index (χ2v) is 15.5. The summed E-state index contributed by atoms with van der Waals surface area (Å²) in [6, 6.07) is 61.8. The molecular formula is C53H34O2. The predicted octanol–water partition coefficient (Wildman–Crippen LogP) is 15.1. The van der Waals surface area contributed by atoms with Crippen molar-refractivity contribution in [1.29, 1.82) is 0 Å². The van der Waals surface area contributed by atoms with Crippen molar-refractivity contribution in [2.75, 3.05) is 0 Å². The van der Waals surface area contributed by atoms with Gasteiger partial charge in [-0.2, -0.15) is 0 Å². The van der Waals surface area contributed by atoms with Crippen LogP contribution in [0.4, 0.5) is 0 Å². The van der Waals surface area contributed by atoms with Gasteiger partial charge in [0, 0.05) is 27.0 Å². The zero-order valence-corrected chi connectivity index (χ0v) is 30.5. The van der Waals surface area contributed by atoms with E-state index in [1.165, 1.54) is 77.2 Å². The van der Waals surface area contributed by atoms with Crippen molar-refractivity contribution in [3.8, 4) is 44.5 Å². The summed E-state index contributed by atoms with van der Waals surface area (Å²) < 4.78 is 12.9. The Bertz CT molecular complexity index is 3240. The third kappa shape index (κ3) is 4.14. The molecule has 0 saturated carbocycles. The lowest BCUT2D eigenvalue weighted by atomic mass is 9.80. The Balaban J connectivity index is 1.26. The van der Waals surface area contributed by atoms with Crippen LogP contribution >= 0.6 is 0 Å². The molecule has 0 spiro atoms. The fraction of sp³-hybridized carbons (Fsp3) is 0.0566. The van der Waals surface area contributed by atoms with E-state index in [2.05, 4.69) is 172 Å². The molecule has 2 aromatic heterocycles. The van der Waals surface area contributed by atoms with Crippen molar-refractivity contribution >= 4 is 65.4 Å². The monoisotopic (exact) mass is 702 g/mol. The second kappa shape index (κ2) is 11.1. The first kappa shape index (κ1) is 30.6. The summed E-state index contributed by atoms with van der Waals surface area (Å²) >= 11 is 0. The SMILES string of the molecule is CC1(C)c2ccccc2-c2c(-c3c4cccc(-c5cccc6oc7ccccc7c56)c4cc4c(-c5cccc6oc7ccccc7c56)cccc34)cccc21. The van der Waals surface area contributed by atoms with Crippen LogP contribution in [0.1, 0.15) is 25.0 Å². The molecule has 258 valence electrons. The number of benzene rings is 9. The summed E-state index contributed by atoms with van der Waals surface area (Å²) in [5.74, 6) is 0. The van der Waals surface area contributed by atoms with Crippen molar-refractivity contribution in [1.82, 2.24) is 0 Å². The van der Waals surface area contributed by atoms with Crippen LogP contribution in [-0.2, 0) is 5.41 Å². The van der Waals surface area contributed by atoms with Gasteiger partial charge in [0.05, 0.1) is 0 Å². The molecule has 0 fully saturated rings. The summed E-state index contributed by atoms with van der Waals surface area (Å²) in [6.45, 7) is 4.73. The van der Waals surface area contributed by atoms with Gasteiger partial charge < -0.3 is 8.83 Å². The van der Waals surface area contributed by atoms with Gasteiger partial charge in [-0.25, -0.2) is 0 Å². The van der Waals surface area contributed by atoms with E-state index in [9.17, 15) is 0 Å². The first-order valence-corrected chi connectivity index (χ1v) is 19.1. The number of hydrogen-bond acceptors (Lipinski definition) is 2. The van der Waals surface area contributed by atoms with Crippen LogP contribution in [0, 0.1) is 0 Å². The molecule has 2 heterocycles. The molecule has 0 unspecified atom stereocenters. The van der Waals surface area contributed by atoms with Gasteiger partial charge in [0.2, 0.25) is 0 Å². The van der Waals surface area contributed by atoms with E-state index in [1.807, 2.05) is 12.1 Å². The molecule has 0 amide bonds. The van der Waals surface area contributed by atoms with E-state index in [-0.39, 0.29) is 5.41 Å². The maximum atomic E-state index is 6.43. The second-order valence-electron chi connectivity index (χ2n) is 15.5. The topological polar surface area (TPSA) is 26.3 Å². The quantitative estimate of drug-likeness (QED) is 0.171. The minimum Gasteiger partial charge on any atom is -0.456 e. The van der Waals surface area contributed by atoms with Gasteiger partial charge in [-0.05, 0) is 108 Å². The zero-order chi connectivity index (χ0) is 36.4. The molecule has 0 N–H and O–H groups in total. The third-order valence-corrected chi connectivity index (χ3v) is 12.3. The standard InChI is InChI=1S/C53H34O2/c1-53(2)43-24-6-3-14-37(43)50-40(23-11-25-44(50)53)49-35-19-9-17-31(33-21-12-28-47-51(33)38-15-4-7-26-45(38)54-47)41(35)30-42-32(18-10-20-36(42)49)34-22-13-29-48-52(34)39-16-5-8-27-46(39)55-48/h3-30H,1-2H3. The van der Waals surface area contributed by atoms with Gasteiger partial charge >= 0.3 is 0 Å². The fourth-order valence-corrected chi connectivity index (χ4v) is 9.89. The van der Waals surface area contributed by atoms with Crippen LogP contribution in [0.25, 0.3) is 110 Å². The molecule has 2 heteroatoms. The van der Waals surface area contributed by atoms with Gasteiger partial charge in [-0.1, -0.05) is 153 Å². The Labute approximate surface area is 317 Å². The summed E-state index contributed by atoms with van der Waals surface area (Å²) in [5, 5.41) is 9.43. The van der Waals surface area contributed by atoms with Gasteiger partial charge in [0.15, 0.2) is 0 Å². The van der Waals surface area contributed by atoms with Crippen LogP contribution in [0.5, 0.6) is 0 Å². The Kier molecular flexibility index (Phi) is 6.15. The molecule has 12 rings (SSSR count). The van der Waals surface area contributed by atoms with Gasteiger partial charge in [0.25, 0.3) is 0 Å². The fourth-order valence-electron chi connectivity index (χ4n) is 9.89. The maximum Gasteiger partial charge on any atom is 0.136 e. The number of hydrogen-bond donors (Lipinski definition) is 0. The normalized spacial score (nSPS) is 13.4. The van der Waals surface area contributed by atoms with E-state index < -0.39 is 0 Å². The van der Waals surface area contributed by atoms with Gasteiger partial charge in [-0.3, -0.25) is 0 Å². The van der Waals surface area contributed by atoms with Crippen LogP contribution in [0.3, 0.4) is 0 Å². The highest BCUT2D eigenvalue weighted by Gasteiger charge is 2.37. The Hall–Kier alpha value is -6.90. The minimum absolute atomic E-state index is 0.116. The third-order valence-electron chi connectivity index (χ3n) is 12.3. The molecule has 0 saturated heterocycles. The number of fused-ring (bicyclic) bond motifs is 11. The van der Waals surface area contributed by atoms with Crippen LogP contribution in [0.2, 0.25) is 0 Å². The maximum absolute atomic E-state index is 6.43. The smallest absolute Gasteiger partial charge is 0.136 e. The number of rotatable bonds is 3. The Morgan fingerprint density at radius 1 is 0.309 bits per heavy atom. The molecular weight excluding hydrogens is 669 g/mol. The molecule has 55 heavy (non-hydrogen) atoms. The number of para-hydroxylation sites is 2. The molecule has 1 aliphatic rings. The summed E-state index contributed by atoms with van der Waals surface area (Å²) in [4.78, 5) is 0. The van der Waals surface area contributed by atoms with Gasteiger partial charge in [0.1, 0.15) is 22.3 Å². The van der Waals surface area contributed by atoms with E-state index in [0.29, 0.717) is 0 Å². The lowest BCUT2D eigenvalue weighted by molar-refractivity contribution is 0.660. The largest absolute Gasteiger partial charge is 0.456 e. The average molecular weight is 703 g/mol. The molecule has 1 aliphatic carbocycles. The molecule has 0 aliphatic heterocycles. The van der Waals surface area contributed by atoms with Crippen molar-refractivity contribution in [3.05, 3.63) is 181 Å². The summed E-state index contributed by atoms with van der Waals surface area (Å²) in [5.41, 5.74) is 16.1. The molecule has 9 aromatic carbocycles. The highest BCUT2D eigenvalue weighted by Crippen LogP contribution is 2.55. The Morgan fingerprint density at radius 2 is 0.727 bits per heavy atom. The lowest BCUT2D eigenvalue weighted by Gasteiger charge is -2.22. The van der Waals surface area contributed by atoms with Crippen molar-refractivity contribution < 1.29 is 8.83 Å². The lowest BCUT2D eigenvalue weighted by Crippen LogP contribution is -2.14. The average Bonchev–Trinajstić information content (AvgIpc) is 3.87. The highest BCUT2D eigenvalue weighted by molar-refractivity contribution is 6.24. The predicted molar refractivity (Wildman–Crippen MR) is 230 cm³/mol. The molecule has 0 atom stereocenters. The van der Waals surface area contributed by atoms with Crippen molar-refractivity contribution in [3.63, 3.8) is 0 Å². The highest BCUT2D eigenvalue weighted by atomic mass is 16.3. The molecule has 0 radical (unpaired) electrons. The number of furan rings is 2. The van der Waals surface area contributed by atoms with Crippen molar-refractivity contribution in [2.24, 2.45) is 0 Å². The van der Waals surface area contributed by atoms with E-state index in [4.69, 9.17) is 8.83 Å². The summed E-state index contributed by atoms with van der Waals surface area (Å²) in [6.07, 6.45) is 0. The first-order chi connectivity index (χ1) is 27.1. The van der Waals surface area contributed by atoms with Crippen LogP contribution in [0.15, 0.2) is 179 Å². The Morgan fingerprint density at radius 3 is 1.35 bits per heavy atom. The van der Waals surface area contributed by atoms with E-state index in [1.54, 1.807) is 0 Å². The molecule has 11 aromatic rings. The van der Waals surface area contributed by atoms with E-state index in [0.717, 1.165) is 43.9 Å².